The van der Waals surface area contributed by atoms with Gasteiger partial charge >= 0.3 is 0 Å². The molecule has 104 valence electrons. The molecule has 2 heterocycles. The first-order valence-electron chi connectivity index (χ1n) is 5.65. The lowest BCUT2D eigenvalue weighted by atomic mass is 10.3. The molecule has 0 aliphatic heterocycles. The Morgan fingerprint density at radius 2 is 2.32 bits per heavy atom. The van der Waals surface area contributed by atoms with Gasteiger partial charge in [0, 0.05) is 16.3 Å². The molecule has 0 aromatic carbocycles. The zero-order valence-corrected chi connectivity index (χ0v) is 11.9. The van der Waals surface area contributed by atoms with E-state index in [1.54, 1.807) is 6.92 Å². The summed E-state index contributed by atoms with van der Waals surface area (Å²) in [6, 6.07) is 3.74. The van der Waals surface area contributed by atoms with Crippen LogP contribution in [-0.4, -0.2) is 25.2 Å². The SMILES string of the molecule is C[C@@H](O)c1ccc(CCNS(=O)(=O)c2cnoc2)s1. The predicted octanol–water partition coefficient (Wildman–Crippen LogP) is 1.31. The van der Waals surface area contributed by atoms with E-state index in [0.29, 0.717) is 6.42 Å². The predicted molar refractivity (Wildman–Crippen MR) is 70.3 cm³/mol. The Kier molecular flexibility index (Phi) is 4.35. The molecule has 2 rings (SSSR count). The fourth-order valence-electron chi connectivity index (χ4n) is 1.47. The van der Waals surface area contributed by atoms with Gasteiger partial charge in [0.05, 0.1) is 12.3 Å². The number of hydrogen-bond donors (Lipinski definition) is 2. The van der Waals surface area contributed by atoms with Crippen molar-refractivity contribution >= 4 is 21.4 Å². The molecule has 1 atom stereocenters. The molecule has 8 heteroatoms. The molecule has 0 aliphatic rings. The van der Waals surface area contributed by atoms with Crippen molar-refractivity contribution in [1.29, 1.82) is 0 Å². The lowest BCUT2D eigenvalue weighted by Crippen LogP contribution is -2.25. The maximum atomic E-state index is 11.7. The molecule has 0 amide bonds. The molecule has 0 fully saturated rings. The summed E-state index contributed by atoms with van der Waals surface area (Å²) in [5.74, 6) is 0. The van der Waals surface area contributed by atoms with Crippen LogP contribution in [0.1, 0.15) is 22.8 Å². The maximum Gasteiger partial charge on any atom is 0.245 e. The molecule has 0 saturated carbocycles. The van der Waals surface area contributed by atoms with Crippen molar-refractivity contribution in [3.8, 4) is 0 Å². The van der Waals surface area contributed by atoms with Gasteiger partial charge < -0.3 is 9.63 Å². The van der Waals surface area contributed by atoms with Crippen LogP contribution in [0.4, 0.5) is 0 Å². The molecular weight excluding hydrogens is 288 g/mol. The zero-order chi connectivity index (χ0) is 13.9. The minimum absolute atomic E-state index is 0.0170. The number of nitrogens with one attached hydrogen (secondary N) is 1. The van der Waals surface area contributed by atoms with E-state index in [0.717, 1.165) is 22.2 Å². The van der Waals surface area contributed by atoms with E-state index in [2.05, 4.69) is 14.4 Å². The smallest absolute Gasteiger partial charge is 0.245 e. The fraction of sp³-hybridized carbons (Fsp3) is 0.364. The Morgan fingerprint density at radius 3 is 2.89 bits per heavy atom. The Bertz CT molecular complexity index is 617. The third kappa shape index (κ3) is 3.63. The standard InChI is InChI=1S/C11H14N2O4S2/c1-8(14)11-3-2-9(18-11)4-5-13-19(15,16)10-6-12-17-7-10/h2-3,6-8,13-14H,4-5H2,1H3/t8-/m1/s1. The number of rotatable bonds is 6. The number of nitrogens with zero attached hydrogens (tertiary/aromatic N) is 1. The highest BCUT2D eigenvalue weighted by molar-refractivity contribution is 7.89. The first-order chi connectivity index (χ1) is 8.99. The first kappa shape index (κ1) is 14.2. The lowest BCUT2D eigenvalue weighted by Gasteiger charge is -2.02. The number of aliphatic hydroxyl groups excluding tert-OH is 1. The second-order valence-electron chi connectivity index (χ2n) is 3.99. The highest BCUT2D eigenvalue weighted by atomic mass is 32.2. The van der Waals surface area contributed by atoms with Crippen LogP contribution in [0.3, 0.4) is 0 Å². The van der Waals surface area contributed by atoms with E-state index in [1.165, 1.54) is 11.3 Å². The normalized spacial score (nSPS) is 13.6. The van der Waals surface area contributed by atoms with Gasteiger partial charge in [0.1, 0.15) is 11.2 Å². The van der Waals surface area contributed by atoms with E-state index in [1.807, 2.05) is 12.1 Å². The van der Waals surface area contributed by atoms with Gasteiger partial charge in [0.25, 0.3) is 0 Å². The van der Waals surface area contributed by atoms with Gasteiger partial charge in [-0.25, -0.2) is 13.1 Å². The summed E-state index contributed by atoms with van der Waals surface area (Å²) in [4.78, 5) is 1.91. The Hall–Kier alpha value is -1.22. The van der Waals surface area contributed by atoms with Crippen LogP contribution in [0, 0.1) is 0 Å². The van der Waals surface area contributed by atoms with Gasteiger partial charge in [-0.1, -0.05) is 5.16 Å². The van der Waals surface area contributed by atoms with Crippen LogP contribution in [0.25, 0.3) is 0 Å². The van der Waals surface area contributed by atoms with Gasteiger partial charge in [-0.3, -0.25) is 0 Å². The van der Waals surface area contributed by atoms with Gasteiger partial charge in [-0.05, 0) is 25.5 Å². The largest absolute Gasteiger partial charge is 0.388 e. The second-order valence-corrected chi connectivity index (χ2v) is 6.95. The molecule has 0 unspecified atom stereocenters. The summed E-state index contributed by atoms with van der Waals surface area (Å²) in [5, 5.41) is 12.8. The van der Waals surface area contributed by atoms with Crippen molar-refractivity contribution in [2.45, 2.75) is 24.3 Å². The highest BCUT2D eigenvalue weighted by Crippen LogP contribution is 2.23. The molecule has 2 N–H and O–H groups in total. The molecule has 2 aromatic heterocycles. The second kappa shape index (κ2) is 5.83. The van der Waals surface area contributed by atoms with Crippen molar-refractivity contribution in [1.82, 2.24) is 9.88 Å². The molecule has 19 heavy (non-hydrogen) atoms. The van der Waals surface area contributed by atoms with E-state index < -0.39 is 16.1 Å². The van der Waals surface area contributed by atoms with Gasteiger partial charge in [0.15, 0.2) is 0 Å². The summed E-state index contributed by atoms with van der Waals surface area (Å²) >= 11 is 1.47. The molecule has 2 aromatic rings. The molecule has 0 spiro atoms. The number of thiophene rings is 1. The maximum absolute atomic E-state index is 11.7. The van der Waals surface area contributed by atoms with E-state index in [-0.39, 0.29) is 11.4 Å². The number of sulfonamides is 1. The van der Waals surface area contributed by atoms with Crippen LogP contribution >= 0.6 is 11.3 Å². The number of hydrogen-bond acceptors (Lipinski definition) is 6. The summed E-state index contributed by atoms with van der Waals surface area (Å²) in [6.07, 6.45) is 2.31. The van der Waals surface area contributed by atoms with E-state index >= 15 is 0 Å². The van der Waals surface area contributed by atoms with Crippen molar-refractivity contribution in [2.24, 2.45) is 0 Å². The highest BCUT2D eigenvalue weighted by Gasteiger charge is 2.15. The minimum atomic E-state index is -3.55. The van der Waals surface area contributed by atoms with Gasteiger partial charge in [0.2, 0.25) is 10.0 Å². The first-order valence-corrected chi connectivity index (χ1v) is 7.95. The van der Waals surface area contributed by atoms with Crippen molar-refractivity contribution in [3.05, 3.63) is 34.3 Å². The molecule has 0 radical (unpaired) electrons. The third-order valence-electron chi connectivity index (χ3n) is 2.48. The minimum Gasteiger partial charge on any atom is -0.388 e. The van der Waals surface area contributed by atoms with Crippen molar-refractivity contribution in [2.75, 3.05) is 6.54 Å². The van der Waals surface area contributed by atoms with Crippen LogP contribution in [-0.2, 0) is 16.4 Å². The molecule has 6 nitrogen and oxygen atoms in total. The average Bonchev–Trinajstić information content (AvgIpc) is 3.00. The topological polar surface area (TPSA) is 92.4 Å². The molecule has 0 aliphatic carbocycles. The lowest BCUT2D eigenvalue weighted by molar-refractivity contribution is 0.203. The summed E-state index contributed by atoms with van der Waals surface area (Å²) in [5.41, 5.74) is 0. The Morgan fingerprint density at radius 1 is 1.53 bits per heavy atom. The fourth-order valence-corrected chi connectivity index (χ4v) is 3.31. The summed E-state index contributed by atoms with van der Waals surface area (Å²) < 4.78 is 30.5. The molecular formula is C11H14N2O4S2. The number of aliphatic hydroxyl groups is 1. The molecule has 0 saturated heterocycles. The van der Waals surface area contributed by atoms with Crippen LogP contribution in [0.2, 0.25) is 0 Å². The third-order valence-corrected chi connectivity index (χ3v) is 5.20. The summed E-state index contributed by atoms with van der Waals surface area (Å²) in [7, 11) is -3.55. The van der Waals surface area contributed by atoms with Gasteiger partial charge in [-0.15, -0.1) is 11.3 Å². The average molecular weight is 302 g/mol. The Labute approximate surface area is 115 Å². The van der Waals surface area contributed by atoms with Crippen LogP contribution < -0.4 is 4.72 Å². The molecule has 0 bridgehead atoms. The Balaban J connectivity index is 1.90. The quantitative estimate of drug-likeness (QED) is 0.839. The van der Waals surface area contributed by atoms with E-state index in [9.17, 15) is 13.5 Å². The van der Waals surface area contributed by atoms with Crippen molar-refractivity contribution in [3.63, 3.8) is 0 Å². The van der Waals surface area contributed by atoms with E-state index in [4.69, 9.17) is 0 Å². The monoisotopic (exact) mass is 302 g/mol. The van der Waals surface area contributed by atoms with Crippen LogP contribution in [0.15, 0.2) is 34.0 Å². The zero-order valence-electron chi connectivity index (χ0n) is 10.2. The van der Waals surface area contributed by atoms with Crippen LogP contribution in [0.5, 0.6) is 0 Å². The van der Waals surface area contributed by atoms with Gasteiger partial charge in [-0.2, -0.15) is 0 Å². The summed E-state index contributed by atoms with van der Waals surface area (Å²) in [6.45, 7) is 1.98. The van der Waals surface area contributed by atoms with Crippen molar-refractivity contribution < 1.29 is 18.0 Å². The number of aromatic nitrogens is 1.